The smallest absolute Gasteiger partial charge is 0.0329 e. The van der Waals surface area contributed by atoms with Gasteiger partial charge in [0, 0.05) is 6.04 Å². The van der Waals surface area contributed by atoms with Gasteiger partial charge in [-0.2, -0.15) is 0 Å². The molecule has 1 nitrogen and oxygen atoms in total. The molecule has 0 radical (unpaired) electrons. The fourth-order valence-corrected chi connectivity index (χ4v) is 1.44. The molecular formula is C13H20ClN. The van der Waals surface area contributed by atoms with Crippen LogP contribution in [0.3, 0.4) is 0 Å². The fraction of sp³-hybridized carbons (Fsp3) is 0.385. The highest BCUT2D eigenvalue weighted by Crippen LogP contribution is 2.19. The minimum absolute atomic E-state index is 0. The Hall–Kier alpha value is -0.790. The quantitative estimate of drug-likeness (QED) is 0.775. The number of benzene rings is 1. The number of rotatable bonds is 4. The molecule has 0 unspecified atom stereocenters. The van der Waals surface area contributed by atoms with Crippen LogP contribution in [0.4, 0.5) is 0 Å². The minimum Gasteiger partial charge on any atom is -0.324 e. The maximum absolute atomic E-state index is 5.96. The summed E-state index contributed by atoms with van der Waals surface area (Å²) in [5.41, 5.74) is 8.51. The van der Waals surface area contributed by atoms with Crippen molar-refractivity contribution in [1.82, 2.24) is 0 Å². The van der Waals surface area contributed by atoms with E-state index in [-0.39, 0.29) is 18.4 Å². The molecule has 0 aliphatic heterocycles. The van der Waals surface area contributed by atoms with Gasteiger partial charge >= 0.3 is 0 Å². The molecule has 1 aromatic rings. The normalized spacial score (nSPS) is 12.0. The van der Waals surface area contributed by atoms with Crippen LogP contribution in [0.25, 0.3) is 0 Å². The molecule has 0 bridgehead atoms. The maximum atomic E-state index is 5.96. The Balaban J connectivity index is 0.00000196. The molecule has 2 heteroatoms. The van der Waals surface area contributed by atoms with Crippen molar-refractivity contribution >= 4 is 12.4 Å². The summed E-state index contributed by atoms with van der Waals surface area (Å²) in [6.45, 7) is 8.08. The van der Waals surface area contributed by atoms with Crippen molar-refractivity contribution in [3.8, 4) is 0 Å². The molecule has 0 aliphatic rings. The van der Waals surface area contributed by atoms with Crippen LogP contribution in [0.2, 0.25) is 0 Å². The summed E-state index contributed by atoms with van der Waals surface area (Å²) in [6, 6.07) is 8.63. The summed E-state index contributed by atoms with van der Waals surface area (Å²) >= 11 is 0. The van der Waals surface area contributed by atoms with Gasteiger partial charge in [-0.05, 0) is 23.5 Å². The van der Waals surface area contributed by atoms with E-state index in [0.29, 0.717) is 5.92 Å². The average molecular weight is 226 g/mol. The van der Waals surface area contributed by atoms with Gasteiger partial charge in [-0.3, -0.25) is 0 Å². The SMILES string of the molecule is C=CC[C@H](N)c1ccc(C(C)C)cc1.Cl. The Kier molecular flexibility index (Phi) is 6.30. The van der Waals surface area contributed by atoms with E-state index in [4.69, 9.17) is 5.73 Å². The van der Waals surface area contributed by atoms with E-state index in [1.807, 2.05) is 6.08 Å². The molecule has 0 saturated heterocycles. The molecule has 1 atom stereocenters. The second-order valence-corrected chi connectivity index (χ2v) is 3.95. The second-order valence-electron chi connectivity index (χ2n) is 3.95. The van der Waals surface area contributed by atoms with Gasteiger partial charge in [0.25, 0.3) is 0 Å². The Morgan fingerprint density at radius 2 is 1.67 bits per heavy atom. The lowest BCUT2D eigenvalue weighted by molar-refractivity contribution is 0.740. The Bertz CT molecular complexity index is 290. The third kappa shape index (κ3) is 4.06. The van der Waals surface area contributed by atoms with Crippen LogP contribution in [-0.4, -0.2) is 0 Å². The molecule has 0 fully saturated rings. The molecule has 1 rings (SSSR count). The summed E-state index contributed by atoms with van der Waals surface area (Å²) in [5.74, 6) is 0.583. The van der Waals surface area contributed by atoms with E-state index in [2.05, 4.69) is 44.7 Å². The summed E-state index contributed by atoms with van der Waals surface area (Å²) < 4.78 is 0. The zero-order valence-electron chi connectivity index (χ0n) is 9.44. The van der Waals surface area contributed by atoms with Gasteiger partial charge in [0.1, 0.15) is 0 Å². The molecular weight excluding hydrogens is 206 g/mol. The molecule has 1 aromatic carbocycles. The molecule has 0 aromatic heterocycles. The van der Waals surface area contributed by atoms with E-state index in [0.717, 1.165) is 6.42 Å². The maximum Gasteiger partial charge on any atom is 0.0329 e. The van der Waals surface area contributed by atoms with E-state index >= 15 is 0 Å². The number of halogens is 1. The Morgan fingerprint density at radius 1 is 1.20 bits per heavy atom. The average Bonchev–Trinajstić information content (AvgIpc) is 2.18. The van der Waals surface area contributed by atoms with Crippen molar-refractivity contribution in [2.24, 2.45) is 5.73 Å². The molecule has 0 heterocycles. The third-order valence-corrected chi connectivity index (χ3v) is 2.45. The zero-order chi connectivity index (χ0) is 10.6. The fourth-order valence-electron chi connectivity index (χ4n) is 1.44. The van der Waals surface area contributed by atoms with Crippen LogP contribution < -0.4 is 5.73 Å². The topological polar surface area (TPSA) is 26.0 Å². The van der Waals surface area contributed by atoms with Gasteiger partial charge in [-0.25, -0.2) is 0 Å². The van der Waals surface area contributed by atoms with Crippen LogP contribution in [0, 0.1) is 0 Å². The van der Waals surface area contributed by atoms with Crippen LogP contribution in [0.15, 0.2) is 36.9 Å². The first-order valence-electron chi connectivity index (χ1n) is 5.11. The predicted octanol–water partition coefficient (Wildman–Crippen LogP) is 3.81. The molecule has 2 N–H and O–H groups in total. The van der Waals surface area contributed by atoms with E-state index in [1.54, 1.807) is 0 Å². The van der Waals surface area contributed by atoms with Gasteiger partial charge in [-0.1, -0.05) is 44.2 Å². The van der Waals surface area contributed by atoms with Crippen molar-refractivity contribution in [3.63, 3.8) is 0 Å². The highest BCUT2D eigenvalue weighted by atomic mass is 35.5. The van der Waals surface area contributed by atoms with E-state index in [1.165, 1.54) is 11.1 Å². The number of hydrogen-bond donors (Lipinski definition) is 1. The first-order chi connectivity index (χ1) is 6.65. The van der Waals surface area contributed by atoms with Crippen molar-refractivity contribution in [1.29, 1.82) is 0 Å². The summed E-state index contributed by atoms with van der Waals surface area (Å²) in [5, 5.41) is 0. The van der Waals surface area contributed by atoms with Gasteiger partial charge in [0.2, 0.25) is 0 Å². The monoisotopic (exact) mass is 225 g/mol. The largest absolute Gasteiger partial charge is 0.324 e. The molecule has 0 amide bonds. The number of nitrogens with two attached hydrogens (primary N) is 1. The van der Waals surface area contributed by atoms with E-state index in [9.17, 15) is 0 Å². The van der Waals surface area contributed by atoms with Crippen LogP contribution in [0.5, 0.6) is 0 Å². The minimum atomic E-state index is 0. The molecule has 0 aliphatic carbocycles. The van der Waals surface area contributed by atoms with Gasteiger partial charge in [-0.15, -0.1) is 19.0 Å². The molecule has 15 heavy (non-hydrogen) atoms. The van der Waals surface area contributed by atoms with Crippen LogP contribution in [0.1, 0.15) is 43.4 Å². The summed E-state index contributed by atoms with van der Waals surface area (Å²) in [4.78, 5) is 0. The van der Waals surface area contributed by atoms with Crippen LogP contribution in [-0.2, 0) is 0 Å². The molecule has 0 spiro atoms. The van der Waals surface area contributed by atoms with Gasteiger partial charge < -0.3 is 5.73 Å². The molecule has 84 valence electrons. The van der Waals surface area contributed by atoms with Crippen LogP contribution >= 0.6 is 12.4 Å². The van der Waals surface area contributed by atoms with Gasteiger partial charge in [0.05, 0.1) is 0 Å². The Morgan fingerprint density at radius 3 is 2.07 bits per heavy atom. The summed E-state index contributed by atoms with van der Waals surface area (Å²) in [6.07, 6.45) is 2.70. The van der Waals surface area contributed by atoms with Gasteiger partial charge in [0.15, 0.2) is 0 Å². The lowest BCUT2D eigenvalue weighted by Gasteiger charge is -2.11. The number of hydrogen-bond acceptors (Lipinski definition) is 1. The standard InChI is InChI=1S/C13H19N.ClH/c1-4-5-13(14)12-8-6-11(7-9-12)10(2)3;/h4,6-10,13H,1,5,14H2,2-3H3;1H/t13-;/m0./s1. The summed E-state index contributed by atoms with van der Waals surface area (Å²) in [7, 11) is 0. The Labute approximate surface area is 98.8 Å². The highest BCUT2D eigenvalue weighted by Gasteiger charge is 2.04. The predicted molar refractivity (Wildman–Crippen MR) is 69.5 cm³/mol. The first-order valence-corrected chi connectivity index (χ1v) is 5.11. The van der Waals surface area contributed by atoms with Crippen molar-refractivity contribution in [2.45, 2.75) is 32.2 Å². The second kappa shape index (κ2) is 6.65. The van der Waals surface area contributed by atoms with Crippen molar-refractivity contribution < 1.29 is 0 Å². The molecule has 0 saturated carbocycles. The highest BCUT2D eigenvalue weighted by molar-refractivity contribution is 5.85. The van der Waals surface area contributed by atoms with E-state index < -0.39 is 0 Å². The lowest BCUT2D eigenvalue weighted by atomic mass is 9.98. The zero-order valence-corrected chi connectivity index (χ0v) is 10.3. The lowest BCUT2D eigenvalue weighted by Crippen LogP contribution is -2.08. The van der Waals surface area contributed by atoms with Crippen molar-refractivity contribution in [2.75, 3.05) is 0 Å². The van der Waals surface area contributed by atoms with Crippen molar-refractivity contribution in [3.05, 3.63) is 48.0 Å². The first kappa shape index (κ1) is 14.2. The third-order valence-electron chi connectivity index (χ3n) is 2.45.